The Morgan fingerprint density at radius 1 is 1.21 bits per heavy atom. The Kier molecular flexibility index (Phi) is 3.71. The van der Waals surface area contributed by atoms with E-state index in [1.165, 1.54) is 38.4 Å². The molecule has 0 saturated carbocycles. The summed E-state index contributed by atoms with van der Waals surface area (Å²) >= 11 is 0. The number of anilines is 1. The van der Waals surface area contributed by atoms with Gasteiger partial charge in [-0.25, -0.2) is 4.39 Å². The largest absolute Gasteiger partial charge is 0.396 e. The van der Waals surface area contributed by atoms with Gasteiger partial charge in [-0.05, 0) is 50.5 Å². The zero-order chi connectivity index (χ0) is 13.2. The molecule has 2 saturated heterocycles. The van der Waals surface area contributed by atoms with Crippen LogP contribution in [0.4, 0.5) is 10.1 Å². The van der Waals surface area contributed by atoms with Gasteiger partial charge >= 0.3 is 0 Å². The first kappa shape index (κ1) is 12.9. The molecule has 0 bridgehead atoms. The fourth-order valence-electron chi connectivity index (χ4n) is 3.39. The minimum atomic E-state index is -0.296. The fraction of sp³-hybridized carbons (Fsp3) is 0.600. The number of rotatable bonds is 2. The van der Waals surface area contributed by atoms with E-state index in [1.54, 1.807) is 6.07 Å². The zero-order valence-electron chi connectivity index (χ0n) is 11.3. The van der Waals surface area contributed by atoms with E-state index in [4.69, 9.17) is 5.73 Å². The molecule has 0 radical (unpaired) electrons. The number of benzene rings is 1. The third kappa shape index (κ3) is 2.74. The van der Waals surface area contributed by atoms with Gasteiger partial charge in [-0.1, -0.05) is 12.1 Å². The lowest BCUT2D eigenvalue weighted by atomic mass is 10.1. The van der Waals surface area contributed by atoms with Crippen LogP contribution in [0.25, 0.3) is 0 Å². The van der Waals surface area contributed by atoms with Gasteiger partial charge in [-0.15, -0.1) is 0 Å². The second kappa shape index (κ2) is 5.47. The van der Waals surface area contributed by atoms with Crippen LogP contribution in [-0.2, 0) is 6.54 Å². The van der Waals surface area contributed by atoms with Crippen molar-refractivity contribution in [3.63, 3.8) is 0 Å². The van der Waals surface area contributed by atoms with E-state index < -0.39 is 0 Å². The zero-order valence-corrected chi connectivity index (χ0v) is 11.3. The number of para-hydroxylation sites is 1. The highest BCUT2D eigenvalue weighted by Crippen LogP contribution is 2.24. The predicted octanol–water partition coefficient (Wildman–Crippen LogP) is 2.08. The highest BCUT2D eigenvalue weighted by Gasteiger charge is 2.28. The molecule has 2 aliphatic heterocycles. The number of fused-ring (bicyclic) bond motifs is 1. The average Bonchev–Trinajstić information content (AvgIpc) is 2.74. The molecule has 1 unspecified atom stereocenters. The van der Waals surface area contributed by atoms with E-state index in [2.05, 4.69) is 9.80 Å². The number of nitrogens with two attached hydrogens (primary N) is 1. The summed E-state index contributed by atoms with van der Waals surface area (Å²) < 4.78 is 13.5. The van der Waals surface area contributed by atoms with Gasteiger partial charge in [0.05, 0.1) is 5.69 Å². The number of halogens is 1. The molecule has 3 nitrogen and oxygen atoms in total. The Hall–Kier alpha value is -1.13. The Morgan fingerprint density at radius 3 is 2.95 bits per heavy atom. The lowest BCUT2D eigenvalue weighted by molar-refractivity contribution is 0.215. The van der Waals surface area contributed by atoms with E-state index in [-0.39, 0.29) is 5.82 Å². The second-order valence-corrected chi connectivity index (χ2v) is 5.73. The smallest absolute Gasteiger partial charge is 0.146 e. The Morgan fingerprint density at radius 2 is 2.05 bits per heavy atom. The van der Waals surface area contributed by atoms with Gasteiger partial charge in [-0.3, -0.25) is 9.80 Å². The fourth-order valence-corrected chi connectivity index (χ4v) is 3.39. The van der Waals surface area contributed by atoms with Crippen LogP contribution >= 0.6 is 0 Å². The highest BCUT2D eigenvalue weighted by atomic mass is 19.1. The Bertz CT molecular complexity index is 449. The maximum absolute atomic E-state index is 13.5. The highest BCUT2D eigenvalue weighted by molar-refractivity contribution is 5.47. The molecule has 2 aliphatic rings. The third-order valence-electron chi connectivity index (χ3n) is 4.42. The summed E-state index contributed by atoms with van der Waals surface area (Å²) in [4.78, 5) is 5.04. The van der Waals surface area contributed by atoms with Gasteiger partial charge in [0, 0.05) is 19.1 Å². The molecule has 19 heavy (non-hydrogen) atoms. The topological polar surface area (TPSA) is 32.5 Å². The van der Waals surface area contributed by atoms with Crippen molar-refractivity contribution in [2.24, 2.45) is 0 Å². The lowest BCUT2D eigenvalue weighted by Crippen LogP contribution is -2.36. The molecule has 3 rings (SSSR count). The van der Waals surface area contributed by atoms with Crippen molar-refractivity contribution >= 4 is 5.69 Å². The summed E-state index contributed by atoms with van der Waals surface area (Å²) in [6, 6.07) is 5.81. The van der Waals surface area contributed by atoms with Crippen LogP contribution < -0.4 is 5.73 Å². The molecule has 104 valence electrons. The van der Waals surface area contributed by atoms with Crippen LogP contribution in [0.3, 0.4) is 0 Å². The molecule has 0 spiro atoms. The number of nitrogens with zero attached hydrogens (tertiary/aromatic N) is 2. The van der Waals surface area contributed by atoms with E-state index in [1.807, 2.05) is 6.07 Å². The van der Waals surface area contributed by atoms with Crippen molar-refractivity contribution in [3.8, 4) is 0 Å². The SMILES string of the molecule is Nc1c(F)cccc1CN1CCCN2CCCC2C1. The monoisotopic (exact) mass is 263 g/mol. The first-order valence-electron chi connectivity index (χ1n) is 7.23. The van der Waals surface area contributed by atoms with Gasteiger partial charge in [0.15, 0.2) is 0 Å². The average molecular weight is 263 g/mol. The lowest BCUT2D eigenvalue weighted by Gasteiger charge is -2.26. The molecule has 0 aromatic heterocycles. The van der Waals surface area contributed by atoms with Crippen molar-refractivity contribution in [3.05, 3.63) is 29.6 Å². The molecule has 1 atom stereocenters. The molecule has 1 aromatic carbocycles. The molecule has 2 fully saturated rings. The minimum absolute atomic E-state index is 0.296. The summed E-state index contributed by atoms with van der Waals surface area (Å²) in [7, 11) is 0. The molecule has 2 N–H and O–H groups in total. The standard InChI is InChI=1S/C15H22FN3/c16-14-6-1-4-12(15(14)17)10-18-7-3-9-19-8-2-5-13(19)11-18/h1,4,6,13H,2-3,5,7-11,17H2. The van der Waals surface area contributed by atoms with E-state index in [0.29, 0.717) is 11.7 Å². The Balaban J connectivity index is 1.70. The number of hydrogen-bond donors (Lipinski definition) is 1. The summed E-state index contributed by atoms with van der Waals surface area (Å²) in [6.07, 6.45) is 3.82. The number of hydrogen-bond acceptors (Lipinski definition) is 3. The van der Waals surface area contributed by atoms with Crippen molar-refractivity contribution in [1.82, 2.24) is 9.80 Å². The molecule has 2 heterocycles. The maximum Gasteiger partial charge on any atom is 0.146 e. The second-order valence-electron chi connectivity index (χ2n) is 5.73. The quantitative estimate of drug-likeness (QED) is 0.829. The first-order chi connectivity index (χ1) is 9.24. The van der Waals surface area contributed by atoms with Gasteiger partial charge in [0.1, 0.15) is 5.82 Å². The van der Waals surface area contributed by atoms with E-state index in [9.17, 15) is 4.39 Å². The summed E-state index contributed by atoms with van der Waals surface area (Å²) in [6.45, 7) is 5.41. The van der Waals surface area contributed by atoms with Gasteiger partial charge in [0.2, 0.25) is 0 Å². The summed E-state index contributed by atoms with van der Waals surface area (Å²) in [5, 5.41) is 0. The van der Waals surface area contributed by atoms with Crippen LogP contribution in [0.2, 0.25) is 0 Å². The van der Waals surface area contributed by atoms with Crippen molar-refractivity contribution in [2.75, 3.05) is 31.9 Å². The van der Waals surface area contributed by atoms with Crippen LogP contribution in [0.5, 0.6) is 0 Å². The molecule has 0 amide bonds. The molecular formula is C15H22FN3. The van der Waals surface area contributed by atoms with Gasteiger partial charge in [0.25, 0.3) is 0 Å². The van der Waals surface area contributed by atoms with Crippen molar-refractivity contribution < 1.29 is 4.39 Å². The minimum Gasteiger partial charge on any atom is -0.396 e. The van der Waals surface area contributed by atoms with E-state index >= 15 is 0 Å². The normalized spacial score (nSPS) is 25.2. The van der Waals surface area contributed by atoms with Crippen LogP contribution in [0.1, 0.15) is 24.8 Å². The van der Waals surface area contributed by atoms with Crippen LogP contribution in [0.15, 0.2) is 18.2 Å². The molecule has 4 heteroatoms. The molecule has 0 aliphatic carbocycles. The maximum atomic E-state index is 13.5. The third-order valence-corrected chi connectivity index (χ3v) is 4.42. The van der Waals surface area contributed by atoms with Crippen molar-refractivity contribution in [1.29, 1.82) is 0 Å². The number of nitrogen functional groups attached to an aromatic ring is 1. The van der Waals surface area contributed by atoms with Crippen LogP contribution in [-0.4, -0.2) is 42.0 Å². The Labute approximate surface area is 114 Å². The van der Waals surface area contributed by atoms with Gasteiger partial charge < -0.3 is 5.73 Å². The van der Waals surface area contributed by atoms with E-state index in [0.717, 1.165) is 25.2 Å². The van der Waals surface area contributed by atoms with Crippen LogP contribution in [0, 0.1) is 5.82 Å². The summed E-state index contributed by atoms with van der Waals surface area (Å²) in [5.74, 6) is -0.296. The molecule has 1 aromatic rings. The van der Waals surface area contributed by atoms with Crippen molar-refractivity contribution in [2.45, 2.75) is 31.8 Å². The van der Waals surface area contributed by atoms with Gasteiger partial charge in [-0.2, -0.15) is 0 Å². The summed E-state index contributed by atoms with van der Waals surface area (Å²) in [5.41, 5.74) is 7.07. The molecular weight excluding hydrogens is 241 g/mol. The first-order valence-corrected chi connectivity index (χ1v) is 7.23. The predicted molar refractivity (Wildman–Crippen MR) is 75.3 cm³/mol.